The molecule has 0 aliphatic rings. The second kappa shape index (κ2) is 10.8. The van der Waals surface area contributed by atoms with E-state index in [0.29, 0.717) is 47.2 Å². The van der Waals surface area contributed by atoms with Crippen LogP contribution in [-0.4, -0.2) is 42.9 Å². The molecule has 0 fully saturated rings. The van der Waals surface area contributed by atoms with Gasteiger partial charge in [0.2, 0.25) is 5.82 Å². The molecule has 0 radical (unpaired) electrons. The molecule has 4 aromatic rings. The SMILES string of the molecule is CCN(Cc1ccc(OC)cc1)c1ccc(-c2nc(-c3ccc(OC)c(OC)c3)no2)cc1[N+](=O)[O-]. The van der Waals surface area contributed by atoms with E-state index in [2.05, 4.69) is 10.1 Å². The smallest absolute Gasteiger partial charge is 0.293 e. The first kappa shape index (κ1) is 24.5. The van der Waals surface area contributed by atoms with Gasteiger partial charge in [-0.05, 0) is 55.0 Å². The van der Waals surface area contributed by atoms with Crippen LogP contribution in [-0.2, 0) is 6.54 Å². The number of hydrogen-bond donors (Lipinski definition) is 0. The summed E-state index contributed by atoms with van der Waals surface area (Å²) in [6, 6.07) is 17.8. The summed E-state index contributed by atoms with van der Waals surface area (Å²) in [6.45, 7) is 3.04. The van der Waals surface area contributed by atoms with E-state index < -0.39 is 4.92 Å². The average molecular weight is 491 g/mol. The standard InChI is InChI=1S/C26H26N4O6/c1-5-29(16-17-6-10-20(33-2)11-7-17)21-12-8-19(14-22(21)30(31)32)26-27-25(28-36-26)18-9-13-23(34-3)24(15-18)35-4/h6-15H,5,16H2,1-4H3. The van der Waals surface area contributed by atoms with Crippen molar-refractivity contribution in [2.24, 2.45) is 0 Å². The van der Waals surface area contributed by atoms with Crippen LogP contribution in [0.25, 0.3) is 22.8 Å². The molecule has 36 heavy (non-hydrogen) atoms. The van der Waals surface area contributed by atoms with Gasteiger partial charge in [0, 0.05) is 30.3 Å². The number of methoxy groups -OCH3 is 3. The van der Waals surface area contributed by atoms with Crippen molar-refractivity contribution in [2.45, 2.75) is 13.5 Å². The molecular weight excluding hydrogens is 464 g/mol. The number of ether oxygens (including phenoxy) is 3. The molecule has 1 heterocycles. The van der Waals surface area contributed by atoms with Gasteiger partial charge in [-0.25, -0.2) is 0 Å². The van der Waals surface area contributed by atoms with Crippen molar-refractivity contribution in [1.82, 2.24) is 10.1 Å². The molecule has 0 bridgehead atoms. The van der Waals surface area contributed by atoms with E-state index in [0.717, 1.165) is 11.3 Å². The number of hydrogen-bond acceptors (Lipinski definition) is 9. The van der Waals surface area contributed by atoms with Crippen LogP contribution in [0.4, 0.5) is 11.4 Å². The normalized spacial score (nSPS) is 10.7. The first-order valence-corrected chi connectivity index (χ1v) is 11.2. The minimum atomic E-state index is -0.402. The minimum Gasteiger partial charge on any atom is -0.497 e. The van der Waals surface area contributed by atoms with Crippen molar-refractivity contribution in [2.75, 3.05) is 32.8 Å². The summed E-state index contributed by atoms with van der Waals surface area (Å²) in [4.78, 5) is 18.0. The van der Waals surface area contributed by atoms with Crippen LogP contribution in [0.1, 0.15) is 12.5 Å². The van der Waals surface area contributed by atoms with E-state index in [-0.39, 0.29) is 11.6 Å². The second-order valence-corrected chi connectivity index (χ2v) is 7.82. The summed E-state index contributed by atoms with van der Waals surface area (Å²) >= 11 is 0. The molecule has 1 aromatic heterocycles. The lowest BCUT2D eigenvalue weighted by molar-refractivity contribution is -0.384. The third-order valence-electron chi connectivity index (χ3n) is 5.74. The van der Waals surface area contributed by atoms with Crippen molar-refractivity contribution in [3.05, 3.63) is 76.3 Å². The molecule has 0 aliphatic heterocycles. The molecule has 3 aromatic carbocycles. The van der Waals surface area contributed by atoms with Gasteiger partial charge in [0.25, 0.3) is 11.6 Å². The van der Waals surface area contributed by atoms with Crippen molar-refractivity contribution in [1.29, 1.82) is 0 Å². The van der Waals surface area contributed by atoms with Crippen LogP contribution < -0.4 is 19.1 Å². The Kier molecular flexibility index (Phi) is 7.33. The molecule has 0 unspecified atom stereocenters. The van der Waals surface area contributed by atoms with Crippen molar-refractivity contribution in [3.63, 3.8) is 0 Å². The van der Waals surface area contributed by atoms with Crippen LogP contribution >= 0.6 is 0 Å². The first-order valence-electron chi connectivity index (χ1n) is 11.2. The number of nitrogens with zero attached hydrogens (tertiary/aromatic N) is 4. The Hall–Kier alpha value is -4.60. The van der Waals surface area contributed by atoms with E-state index in [1.807, 2.05) is 36.1 Å². The third-order valence-corrected chi connectivity index (χ3v) is 5.74. The van der Waals surface area contributed by atoms with Crippen LogP contribution in [0.2, 0.25) is 0 Å². The number of nitro groups is 1. The molecule has 4 rings (SSSR count). The third kappa shape index (κ3) is 5.07. The molecule has 10 nitrogen and oxygen atoms in total. The van der Waals surface area contributed by atoms with E-state index in [4.69, 9.17) is 18.7 Å². The fraction of sp³-hybridized carbons (Fsp3) is 0.231. The number of aromatic nitrogens is 2. The molecule has 0 amide bonds. The fourth-order valence-electron chi connectivity index (χ4n) is 3.82. The first-order chi connectivity index (χ1) is 17.5. The fourth-order valence-corrected chi connectivity index (χ4v) is 3.82. The molecule has 0 aliphatic carbocycles. The highest BCUT2D eigenvalue weighted by atomic mass is 16.6. The van der Waals surface area contributed by atoms with Crippen LogP contribution in [0.3, 0.4) is 0 Å². The molecule has 0 atom stereocenters. The number of anilines is 1. The van der Waals surface area contributed by atoms with Gasteiger partial charge in [0.15, 0.2) is 11.5 Å². The van der Waals surface area contributed by atoms with Gasteiger partial charge in [0.1, 0.15) is 11.4 Å². The number of benzene rings is 3. The highest BCUT2D eigenvalue weighted by molar-refractivity contribution is 5.72. The summed E-state index contributed by atoms with van der Waals surface area (Å²) in [5.74, 6) is 2.35. The Morgan fingerprint density at radius 3 is 2.28 bits per heavy atom. The minimum absolute atomic E-state index is 0.0475. The molecule has 10 heteroatoms. The van der Waals surface area contributed by atoms with E-state index >= 15 is 0 Å². The van der Waals surface area contributed by atoms with E-state index in [9.17, 15) is 10.1 Å². The largest absolute Gasteiger partial charge is 0.497 e. The predicted molar refractivity (Wildman–Crippen MR) is 135 cm³/mol. The summed E-state index contributed by atoms with van der Waals surface area (Å²) in [5, 5.41) is 16.0. The number of nitro benzene ring substituents is 1. The number of rotatable bonds is 10. The predicted octanol–water partition coefficient (Wildman–Crippen LogP) is 5.36. The van der Waals surface area contributed by atoms with Gasteiger partial charge in [-0.1, -0.05) is 17.3 Å². The summed E-state index contributed by atoms with van der Waals surface area (Å²) < 4.78 is 21.2. The maximum absolute atomic E-state index is 12.0. The summed E-state index contributed by atoms with van der Waals surface area (Å²) in [5.41, 5.74) is 2.57. The van der Waals surface area contributed by atoms with Crippen LogP contribution in [0.5, 0.6) is 17.2 Å². The van der Waals surface area contributed by atoms with E-state index in [1.165, 1.54) is 13.2 Å². The quantitative estimate of drug-likeness (QED) is 0.214. The van der Waals surface area contributed by atoms with Crippen molar-refractivity contribution in [3.8, 4) is 40.1 Å². The summed E-state index contributed by atoms with van der Waals surface area (Å²) in [7, 11) is 4.70. The second-order valence-electron chi connectivity index (χ2n) is 7.82. The topological polar surface area (TPSA) is 113 Å². The maximum atomic E-state index is 12.0. The Balaban J connectivity index is 1.63. The van der Waals surface area contributed by atoms with Gasteiger partial charge in [-0.2, -0.15) is 4.98 Å². The Morgan fingerprint density at radius 2 is 1.64 bits per heavy atom. The van der Waals surface area contributed by atoms with Gasteiger partial charge in [-0.15, -0.1) is 0 Å². The zero-order valence-electron chi connectivity index (χ0n) is 20.4. The summed E-state index contributed by atoms with van der Waals surface area (Å²) in [6.07, 6.45) is 0. The Morgan fingerprint density at radius 1 is 0.917 bits per heavy atom. The lowest BCUT2D eigenvalue weighted by atomic mass is 10.1. The monoisotopic (exact) mass is 490 g/mol. The highest BCUT2D eigenvalue weighted by Crippen LogP contribution is 2.35. The van der Waals surface area contributed by atoms with E-state index in [1.54, 1.807) is 44.6 Å². The molecule has 0 N–H and O–H groups in total. The van der Waals surface area contributed by atoms with Gasteiger partial charge in [-0.3, -0.25) is 10.1 Å². The Bertz CT molecular complexity index is 1350. The molecule has 0 saturated heterocycles. The zero-order valence-corrected chi connectivity index (χ0v) is 20.4. The van der Waals surface area contributed by atoms with Gasteiger partial charge < -0.3 is 23.6 Å². The molecule has 0 saturated carbocycles. The Labute approximate surface area is 208 Å². The molecular formula is C26H26N4O6. The highest BCUT2D eigenvalue weighted by Gasteiger charge is 2.22. The zero-order chi connectivity index (χ0) is 25.7. The molecule has 0 spiro atoms. The molecule has 186 valence electrons. The van der Waals surface area contributed by atoms with Gasteiger partial charge >= 0.3 is 0 Å². The van der Waals surface area contributed by atoms with Crippen LogP contribution in [0, 0.1) is 10.1 Å². The maximum Gasteiger partial charge on any atom is 0.293 e. The van der Waals surface area contributed by atoms with Gasteiger partial charge in [0.05, 0.1) is 26.3 Å². The lowest BCUT2D eigenvalue weighted by Gasteiger charge is -2.23. The average Bonchev–Trinajstić information content (AvgIpc) is 3.41. The van der Waals surface area contributed by atoms with Crippen LogP contribution in [0.15, 0.2) is 65.2 Å². The van der Waals surface area contributed by atoms with Crippen molar-refractivity contribution < 1.29 is 23.7 Å². The van der Waals surface area contributed by atoms with Crippen molar-refractivity contribution >= 4 is 11.4 Å². The lowest BCUT2D eigenvalue weighted by Crippen LogP contribution is -2.23.